The van der Waals surface area contributed by atoms with E-state index in [1.54, 1.807) is 0 Å². The summed E-state index contributed by atoms with van der Waals surface area (Å²) in [6, 6.07) is 19.4. The van der Waals surface area contributed by atoms with Crippen LogP contribution in [-0.4, -0.2) is 22.6 Å². The third-order valence-electron chi connectivity index (χ3n) is 4.41. The molecule has 1 heterocycles. The van der Waals surface area contributed by atoms with Crippen LogP contribution in [0.4, 0.5) is 11.5 Å². The maximum Gasteiger partial charge on any atom is 0.251 e. The molecule has 28 heavy (non-hydrogen) atoms. The molecule has 0 radical (unpaired) electrons. The maximum absolute atomic E-state index is 12.1. The lowest BCUT2D eigenvalue weighted by atomic mass is 10.1. The first-order valence-electron chi connectivity index (χ1n) is 9.57. The molecule has 0 aliphatic heterocycles. The predicted molar refractivity (Wildman–Crippen MR) is 114 cm³/mol. The molecule has 5 nitrogen and oxygen atoms in total. The maximum atomic E-state index is 12.1. The lowest BCUT2D eigenvalue weighted by Gasteiger charge is -2.09. The summed E-state index contributed by atoms with van der Waals surface area (Å²) in [5, 5.41) is 14.7. The lowest BCUT2D eigenvalue weighted by Crippen LogP contribution is -2.25. The predicted octanol–water partition coefficient (Wildman–Crippen LogP) is 4.97. The highest BCUT2D eigenvalue weighted by atomic mass is 16.1. The van der Waals surface area contributed by atoms with Gasteiger partial charge in [0.25, 0.3) is 5.91 Å². The van der Waals surface area contributed by atoms with Gasteiger partial charge in [-0.1, -0.05) is 37.6 Å². The average Bonchev–Trinajstić information content (AvgIpc) is 2.69. The van der Waals surface area contributed by atoms with Crippen molar-refractivity contribution in [3.63, 3.8) is 0 Å². The minimum absolute atomic E-state index is 0.0468. The number of benzene rings is 2. The molecule has 2 N–H and O–H groups in total. The fourth-order valence-electron chi connectivity index (χ4n) is 2.79. The summed E-state index contributed by atoms with van der Waals surface area (Å²) >= 11 is 0. The van der Waals surface area contributed by atoms with Crippen LogP contribution in [0, 0.1) is 12.8 Å². The van der Waals surface area contributed by atoms with Crippen molar-refractivity contribution < 1.29 is 4.79 Å². The van der Waals surface area contributed by atoms with Gasteiger partial charge in [0.05, 0.1) is 5.69 Å². The number of rotatable bonds is 7. The molecule has 0 bridgehead atoms. The normalized spacial score (nSPS) is 10.7. The molecule has 2 aromatic carbocycles. The van der Waals surface area contributed by atoms with E-state index in [-0.39, 0.29) is 5.91 Å². The van der Waals surface area contributed by atoms with Crippen LogP contribution in [0.3, 0.4) is 0 Å². The first kappa shape index (κ1) is 19.5. The van der Waals surface area contributed by atoms with Crippen molar-refractivity contribution in [2.75, 3.05) is 11.9 Å². The molecule has 0 spiro atoms. The van der Waals surface area contributed by atoms with E-state index < -0.39 is 0 Å². The van der Waals surface area contributed by atoms with Gasteiger partial charge in [-0.05, 0) is 61.7 Å². The van der Waals surface area contributed by atoms with E-state index in [9.17, 15) is 4.79 Å². The van der Waals surface area contributed by atoms with Crippen LogP contribution in [0.5, 0.6) is 0 Å². The smallest absolute Gasteiger partial charge is 0.251 e. The zero-order valence-electron chi connectivity index (χ0n) is 16.6. The molecule has 144 valence electrons. The van der Waals surface area contributed by atoms with E-state index in [2.05, 4.69) is 53.7 Å². The van der Waals surface area contributed by atoms with Crippen LogP contribution in [0.25, 0.3) is 11.3 Å². The molecule has 0 unspecified atom stereocenters. The zero-order chi connectivity index (χ0) is 19.9. The Morgan fingerprint density at radius 2 is 1.79 bits per heavy atom. The second kappa shape index (κ2) is 9.13. The van der Waals surface area contributed by atoms with Gasteiger partial charge in [-0.2, -0.15) is 0 Å². The van der Waals surface area contributed by atoms with Crippen molar-refractivity contribution in [3.05, 3.63) is 71.8 Å². The van der Waals surface area contributed by atoms with Crippen LogP contribution in [0.15, 0.2) is 60.7 Å². The van der Waals surface area contributed by atoms with E-state index in [0.717, 1.165) is 23.4 Å². The third kappa shape index (κ3) is 5.39. The van der Waals surface area contributed by atoms with Gasteiger partial charge >= 0.3 is 0 Å². The first-order valence-corrected chi connectivity index (χ1v) is 9.57. The van der Waals surface area contributed by atoms with Gasteiger partial charge in [-0.25, -0.2) is 0 Å². The zero-order valence-corrected chi connectivity index (χ0v) is 16.6. The van der Waals surface area contributed by atoms with Crippen molar-refractivity contribution in [3.8, 4) is 11.3 Å². The van der Waals surface area contributed by atoms with Gasteiger partial charge in [0.15, 0.2) is 5.82 Å². The second-order valence-electron chi connectivity index (χ2n) is 7.31. The third-order valence-corrected chi connectivity index (χ3v) is 4.41. The molecule has 1 aromatic heterocycles. The fourth-order valence-corrected chi connectivity index (χ4v) is 2.79. The molecular formula is C23H26N4O. The van der Waals surface area contributed by atoms with Crippen LogP contribution >= 0.6 is 0 Å². The monoisotopic (exact) mass is 374 g/mol. The topological polar surface area (TPSA) is 66.9 Å². The molecule has 1 amide bonds. The van der Waals surface area contributed by atoms with Gasteiger partial charge in [0.2, 0.25) is 0 Å². The van der Waals surface area contributed by atoms with Gasteiger partial charge in [-0.3, -0.25) is 4.79 Å². The van der Waals surface area contributed by atoms with E-state index in [0.29, 0.717) is 23.8 Å². The Morgan fingerprint density at radius 3 is 2.43 bits per heavy atom. The number of carbonyl (C=O) groups is 1. The van der Waals surface area contributed by atoms with Crippen LogP contribution < -0.4 is 10.6 Å². The van der Waals surface area contributed by atoms with Gasteiger partial charge in [0, 0.05) is 23.4 Å². The summed E-state index contributed by atoms with van der Waals surface area (Å²) in [7, 11) is 0. The Hall–Kier alpha value is -3.21. The minimum Gasteiger partial charge on any atom is -0.352 e. The number of nitrogens with zero attached hydrogens (tertiary/aromatic N) is 2. The van der Waals surface area contributed by atoms with Crippen LogP contribution in [-0.2, 0) is 0 Å². The average molecular weight is 374 g/mol. The summed E-state index contributed by atoms with van der Waals surface area (Å²) in [6.07, 6.45) is 0.975. The largest absolute Gasteiger partial charge is 0.352 e. The summed E-state index contributed by atoms with van der Waals surface area (Å²) < 4.78 is 0. The molecule has 3 aromatic rings. The molecule has 0 aliphatic rings. The van der Waals surface area contributed by atoms with E-state index in [4.69, 9.17) is 0 Å². The fraction of sp³-hybridized carbons (Fsp3) is 0.261. The van der Waals surface area contributed by atoms with Crippen molar-refractivity contribution in [2.45, 2.75) is 27.2 Å². The molecule has 0 atom stereocenters. The second-order valence-corrected chi connectivity index (χ2v) is 7.31. The molecule has 0 fully saturated rings. The van der Waals surface area contributed by atoms with E-state index >= 15 is 0 Å². The first-order chi connectivity index (χ1) is 13.5. The summed E-state index contributed by atoms with van der Waals surface area (Å²) in [6.45, 7) is 7.03. The Labute approximate surface area is 166 Å². The van der Waals surface area contributed by atoms with Crippen LogP contribution in [0.1, 0.15) is 36.2 Å². The standard InChI is InChI=1S/C23H26N4O/c1-16(2)13-14-24-23(28)18-7-9-20(10-8-18)25-22-12-11-21(26-27-22)19-6-4-5-17(3)15-19/h4-12,15-16H,13-14H2,1-3H3,(H,24,28)(H,25,27). The summed E-state index contributed by atoms with van der Waals surface area (Å²) in [5.41, 5.74) is 4.58. The van der Waals surface area contributed by atoms with E-state index in [1.165, 1.54) is 5.56 Å². The molecule has 5 heteroatoms. The van der Waals surface area contributed by atoms with Gasteiger partial charge in [-0.15, -0.1) is 10.2 Å². The molecule has 3 rings (SSSR count). The minimum atomic E-state index is -0.0468. The molecule has 0 saturated carbocycles. The summed E-state index contributed by atoms with van der Waals surface area (Å²) in [5.74, 6) is 1.19. The highest BCUT2D eigenvalue weighted by Crippen LogP contribution is 2.20. The number of hydrogen-bond donors (Lipinski definition) is 2. The van der Waals surface area contributed by atoms with Crippen molar-refractivity contribution in [1.82, 2.24) is 15.5 Å². The number of aryl methyl sites for hydroxylation is 1. The molecular weight excluding hydrogens is 348 g/mol. The number of carbonyl (C=O) groups excluding carboxylic acids is 1. The quantitative estimate of drug-likeness (QED) is 0.613. The number of nitrogens with one attached hydrogen (secondary N) is 2. The Balaban J connectivity index is 1.60. The Kier molecular flexibility index (Phi) is 6.37. The number of aromatic nitrogens is 2. The number of hydrogen-bond acceptors (Lipinski definition) is 4. The van der Waals surface area contributed by atoms with Crippen molar-refractivity contribution in [2.24, 2.45) is 5.92 Å². The highest BCUT2D eigenvalue weighted by Gasteiger charge is 2.06. The Morgan fingerprint density at radius 1 is 1.00 bits per heavy atom. The van der Waals surface area contributed by atoms with Crippen LogP contribution in [0.2, 0.25) is 0 Å². The highest BCUT2D eigenvalue weighted by molar-refractivity contribution is 5.94. The van der Waals surface area contributed by atoms with E-state index in [1.807, 2.05) is 48.5 Å². The SMILES string of the molecule is Cc1cccc(-c2ccc(Nc3ccc(C(=O)NCCC(C)C)cc3)nn2)c1. The van der Waals surface area contributed by atoms with Gasteiger partial charge in [0.1, 0.15) is 0 Å². The summed E-state index contributed by atoms with van der Waals surface area (Å²) in [4.78, 5) is 12.1. The number of anilines is 2. The lowest BCUT2D eigenvalue weighted by molar-refractivity contribution is 0.0952. The van der Waals surface area contributed by atoms with Crippen molar-refractivity contribution >= 4 is 17.4 Å². The molecule has 0 saturated heterocycles. The van der Waals surface area contributed by atoms with Crippen molar-refractivity contribution in [1.29, 1.82) is 0 Å². The number of amides is 1. The Bertz CT molecular complexity index is 918. The molecule has 0 aliphatic carbocycles. The van der Waals surface area contributed by atoms with Gasteiger partial charge < -0.3 is 10.6 Å².